The van der Waals surface area contributed by atoms with Crippen LogP contribution in [-0.2, 0) is 14.8 Å². The Morgan fingerprint density at radius 3 is 2.48 bits per heavy atom. The maximum Gasteiger partial charge on any atom is 0.275 e. The lowest BCUT2D eigenvalue weighted by atomic mass is 10.2. The Labute approximate surface area is 164 Å². The van der Waals surface area contributed by atoms with Gasteiger partial charge >= 0.3 is 0 Å². The Hall–Kier alpha value is -1.44. The molecule has 2 N–H and O–H groups in total. The fourth-order valence-corrected chi connectivity index (χ4v) is 5.16. The first-order chi connectivity index (χ1) is 12.8. The maximum atomic E-state index is 12.9. The van der Waals surface area contributed by atoms with E-state index in [1.54, 1.807) is 10.4 Å². The van der Waals surface area contributed by atoms with Crippen LogP contribution in [0.25, 0.3) is 0 Å². The van der Waals surface area contributed by atoms with E-state index in [0.29, 0.717) is 37.6 Å². The molecule has 0 saturated carbocycles. The van der Waals surface area contributed by atoms with Crippen molar-refractivity contribution in [3.8, 4) is 0 Å². The molecule has 0 atom stereocenters. The zero-order valence-corrected chi connectivity index (χ0v) is 17.7. The molecular formula is C20H34N3O3S+. The molecule has 1 fully saturated rings. The molecule has 0 aliphatic carbocycles. The molecule has 7 heteroatoms. The number of carbonyl (C=O) groups excluding carboxylic acids is 1. The van der Waals surface area contributed by atoms with E-state index in [4.69, 9.17) is 0 Å². The number of sulfonamides is 1. The Balaban J connectivity index is 1.81. The summed E-state index contributed by atoms with van der Waals surface area (Å²) in [6.45, 7) is 9.35. The highest BCUT2D eigenvalue weighted by Crippen LogP contribution is 2.20. The third-order valence-corrected chi connectivity index (χ3v) is 7.20. The Bertz CT molecular complexity index is 726. The molecular weight excluding hydrogens is 362 g/mol. The molecule has 1 aliphatic rings. The highest BCUT2D eigenvalue weighted by molar-refractivity contribution is 7.89. The first-order valence-corrected chi connectivity index (χ1v) is 11.5. The van der Waals surface area contributed by atoms with Gasteiger partial charge in [-0.15, -0.1) is 0 Å². The molecule has 1 aliphatic heterocycles. The Morgan fingerprint density at radius 1 is 1.15 bits per heavy atom. The van der Waals surface area contributed by atoms with Crippen LogP contribution in [-0.4, -0.2) is 57.9 Å². The molecule has 0 radical (unpaired) electrons. The fraction of sp³-hybridized carbons (Fsp3) is 0.650. The number of piperazine rings is 1. The van der Waals surface area contributed by atoms with Gasteiger partial charge in [-0.05, 0) is 31.9 Å². The van der Waals surface area contributed by atoms with Gasteiger partial charge in [0.2, 0.25) is 10.0 Å². The van der Waals surface area contributed by atoms with Crippen molar-refractivity contribution < 1.29 is 18.1 Å². The molecule has 1 saturated heterocycles. The summed E-state index contributed by atoms with van der Waals surface area (Å²) >= 11 is 0. The highest BCUT2D eigenvalue weighted by atomic mass is 32.2. The number of unbranched alkanes of at least 4 members (excludes halogenated alkanes) is 3. The van der Waals surface area contributed by atoms with Gasteiger partial charge in [0, 0.05) is 6.54 Å². The summed E-state index contributed by atoms with van der Waals surface area (Å²) in [6, 6.07) is 5.44. The number of hydrogen-bond donors (Lipinski definition) is 2. The van der Waals surface area contributed by atoms with Gasteiger partial charge in [-0.25, -0.2) is 8.42 Å². The standard InChI is InChI=1S/C20H33N3O3S/c1-4-5-6-7-10-21-20(24)16-22-11-13-23(14-12-22)27(25,26)19-9-8-17(2)15-18(19)3/h8-9,15H,4-7,10-14,16H2,1-3H3,(H,21,24)/p+1. The normalized spacial score (nSPS) is 16.4. The van der Waals surface area contributed by atoms with Crippen LogP contribution in [0.15, 0.2) is 23.1 Å². The quantitative estimate of drug-likeness (QED) is 0.609. The minimum Gasteiger partial charge on any atom is -0.351 e. The second-order valence-corrected chi connectivity index (χ2v) is 9.42. The summed E-state index contributed by atoms with van der Waals surface area (Å²) in [5.74, 6) is 0.0622. The van der Waals surface area contributed by atoms with E-state index in [-0.39, 0.29) is 5.91 Å². The zero-order chi connectivity index (χ0) is 19.9. The number of nitrogens with one attached hydrogen (secondary N) is 2. The van der Waals surface area contributed by atoms with Crippen LogP contribution in [0.2, 0.25) is 0 Å². The van der Waals surface area contributed by atoms with Gasteiger partial charge in [0.05, 0.1) is 31.1 Å². The number of hydrogen-bond acceptors (Lipinski definition) is 3. The lowest BCUT2D eigenvalue weighted by Gasteiger charge is -2.31. The van der Waals surface area contributed by atoms with Crippen molar-refractivity contribution in [2.24, 2.45) is 0 Å². The van der Waals surface area contributed by atoms with Crippen LogP contribution in [0.3, 0.4) is 0 Å². The lowest BCUT2D eigenvalue weighted by Crippen LogP contribution is -3.15. The SMILES string of the molecule is CCCCCCNC(=O)C[NH+]1CCN(S(=O)(=O)c2ccc(C)cc2C)CC1. The molecule has 1 amide bonds. The summed E-state index contributed by atoms with van der Waals surface area (Å²) in [5, 5.41) is 2.98. The van der Waals surface area contributed by atoms with Crippen molar-refractivity contribution in [1.82, 2.24) is 9.62 Å². The average molecular weight is 397 g/mol. The molecule has 6 nitrogen and oxygen atoms in total. The van der Waals surface area contributed by atoms with E-state index in [2.05, 4.69) is 12.2 Å². The first kappa shape index (κ1) is 21.9. The largest absolute Gasteiger partial charge is 0.351 e. The van der Waals surface area contributed by atoms with Gasteiger partial charge in [-0.1, -0.05) is 43.9 Å². The number of quaternary nitrogens is 1. The molecule has 2 rings (SSSR count). The molecule has 0 bridgehead atoms. The minimum atomic E-state index is -3.46. The van der Waals surface area contributed by atoms with E-state index in [1.807, 2.05) is 26.0 Å². The molecule has 0 spiro atoms. The number of benzene rings is 1. The van der Waals surface area contributed by atoms with E-state index in [9.17, 15) is 13.2 Å². The second-order valence-electron chi connectivity index (χ2n) is 7.51. The third-order valence-electron chi connectivity index (χ3n) is 5.14. The molecule has 1 aromatic carbocycles. The molecule has 152 valence electrons. The van der Waals surface area contributed by atoms with Gasteiger partial charge in [-0.2, -0.15) is 4.31 Å². The van der Waals surface area contributed by atoms with Crippen molar-refractivity contribution in [3.05, 3.63) is 29.3 Å². The van der Waals surface area contributed by atoms with Crippen molar-refractivity contribution in [2.45, 2.75) is 51.3 Å². The van der Waals surface area contributed by atoms with Crippen LogP contribution < -0.4 is 10.2 Å². The summed E-state index contributed by atoms with van der Waals surface area (Å²) in [7, 11) is -3.46. The molecule has 1 heterocycles. The van der Waals surface area contributed by atoms with Crippen molar-refractivity contribution in [2.75, 3.05) is 39.3 Å². The highest BCUT2D eigenvalue weighted by Gasteiger charge is 2.31. The zero-order valence-electron chi connectivity index (χ0n) is 16.9. The molecule has 1 aromatic rings. The van der Waals surface area contributed by atoms with E-state index < -0.39 is 10.0 Å². The summed E-state index contributed by atoms with van der Waals surface area (Å²) in [4.78, 5) is 13.6. The topological polar surface area (TPSA) is 70.9 Å². The first-order valence-electron chi connectivity index (χ1n) is 10.0. The van der Waals surface area contributed by atoms with Gasteiger partial charge in [-0.3, -0.25) is 4.79 Å². The van der Waals surface area contributed by atoms with Gasteiger partial charge in [0.1, 0.15) is 0 Å². The van der Waals surface area contributed by atoms with Crippen molar-refractivity contribution in [3.63, 3.8) is 0 Å². The van der Waals surface area contributed by atoms with Crippen LogP contribution in [0.4, 0.5) is 0 Å². The van der Waals surface area contributed by atoms with Crippen LogP contribution >= 0.6 is 0 Å². The summed E-state index contributed by atoms with van der Waals surface area (Å²) < 4.78 is 27.4. The molecule has 0 unspecified atom stereocenters. The number of aryl methyl sites for hydroxylation is 2. The van der Waals surface area contributed by atoms with E-state index in [1.165, 1.54) is 12.8 Å². The second kappa shape index (κ2) is 10.2. The number of carbonyl (C=O) groups is 1. The van der Waals surface area contributed by atoms with Crippen LogP contribution in [0.5, 0.6) is 0 Å². The van der Waals surface area contributed by atoms with Gasteiger partial charge < -0.3 is 10.2 Å². The van der Waals surface area contributed by atoms with Crippen LogP contribution in [0, 0.1) is 13.8 Å². The predicted octanol–water partition coefficient (Wildman–Crippen LogP) is 0.889. The number of nitrogens with zero attached hydrogens (tertiary/aromatic N) is 1. The summed E-state index contributed by atoms with van der Waals surface area (Å²) in [6.07, 6.45) is 4.57. The average Bonchev–Trinajstić information content (AvgIpc) is 2.61. The number of rotatable bonds is 9. The summed E-state index contributed by atoms with van der Waals surface area (Å²) in [5.41, 5.74) is 1.84. The number of amides is 1. The predicted molar refractivity (Wildman–Crippen MR) is 107 cm³/mol. The fourth-order valence-electron chi connectivity index (χ4n) is 3.52. The maximum absolute atomic E-state index is 12.9. The van der Waals surface area contributed by atoms with Gasteiger partial charge in [0.15, 0.2) is 6.54 Å². The van der Waals surface area contributed by atoms with Gasteiger partial charge in [0.25, 0.3) is 5.91 Å². The van der Waals surface area contributed by atoms with Crippen molar-refractivity contribution >= 4 is 15.9 Å². The smallest absolute Gasteiger partial charge is 0.275 e. The van der Waals surface area contributed by atoms with Crippen molar-refractivity contribution in [1.29, 1.82) is 0 Å². The Morgan fingerprint density at radius 2 is 1.85 bits per heavy atom. The molecule has 27 heavy (non-hydrogen) atoms. The minimum absolute atomic E-state index is 0.0622. The van der Waals surface area contributed by atoms with E-state index >= 15 is 0 Å². The van der Waals surface area contributed by atoms with E-state index in [0.717, 1.165) is 35.4 Å². The monoisotopic (exact) mass is 396 g/mol. The lowest BCUT2D eigenvalue weighted by molar-refractivity contribution is -0.895. The van der Waals surface area contributed by atoms with Crippen LogP contribution in [0.1, 0.15) is 43.7 Å². The molecule has 0 aromatic heterocycles. The third kappa shape index (κ3) is 6.30. The Kier molecular flexibility index (Phi) is 8.26.